The Kier molecular flexibility index (Phi) is 5.18. The minimum Gasteiger partial charge on any atom is -0.503 e. The Morgan fingerprint density at radius 1 is 0.455 bits per heavy atom. The number of aromatic hydroxyl groups is 2. The van der Waals surface area contributed by atoms with Gasteiger partial charge in [-0.2, -0.15) is 17.6 Å². The fraction of sp³-hybridized carbons (Fsp3) is 0. The number of phenolic OH excluding ortho intramolecular Hbond substituents is 2. The molecule has 10 heteroatoms. The summed E-state index contributed by atoms with van der Waals surface area (Å²) in [5, 5.41) is 16.7. The van der Waals surface area contributed by atoms with Crippen molar-refractivity contribution in [2.24, 2.45) is 0 Å². The first-order valence-electron chi connectivity index (χ1n) is 5.11. The molecule has 0 unspecified atom stereocenters. The topological polar surface area (TPSA) is 40.5 Å². The Morgan fingerprint density at radius 2 is 0.636 bits per heavy atom. The summed E-state index contributed by atoms with van der Waals surface area (Å²) in [7, 11) is 0. The third-order valence-electron chi connectivity index (χ3n) is 2.18. The monoisotopic (exact) mass is 332 g/mol. The summed E-state index contributed by atoms with van der Waals surface area (Å²) in [6.45, 7) is 0. The van der Waals surface area contributed by atoms with E-state index in [4.69, 9.17) is 10.2 Å². The van der Waals surface area contributed by atoms with Crippen molar-refractivity contribution in [3.05, 3.63) is 58.7 Å². The van der Waals surface area contributed by atoms with Crippen LogP contribution in [0.2, 0.25) is 0 Å². The first-order chi connectivity index (χ1) is 10.1. The zero-order valence-electron chi connectivity index (χ0n) is 10.1. The Labute approximate surface area is 116 Å². The molecule has 0 aliphatic rings. The molecule has 2 aromatic rings. The lowest BCUT2D eigenvalue weighted by atomic mass is 10.3. The SMILES string of the molecule is Oc1c(F)c(F)cc(F)c1F.Oc1c(F)c(F)cc(F)c1F. The largest absolute Gasteiger partial charge is 0.503 e. The molecule has 0 amide bonds. The van der Waals surface area contributed by atoms with Gasteiger partial charge in [-0.05, 0) is 0 Å². The zero-order chi connectivity index (χ0) is 17.2. The Bertz CT molecular complexity index is 603. The van der Waals surface area contributed by atoms with Crippen LogP contribution in [0.4, 0.5) is 35.1 Å². The normalized spacial score (nSPS) is 10.2. The molecule has 2 aromatic carbocycles. The molecule has 0 radical (unpaired) electrons. The van der Waals surface area contributed by atoms with Crippen LogP contribution in [0.1, 0.15) is 0 Å². The number of phenols is 2. The molecule has 0 aliphatic carbocycles. The lowest BCUT2D eigenvalue weighted by Crippen LogP contribution is -1.92. The predicted octanol–water partition coefficient (Wildman–Crippen LogP) is 3.90. The van der Waals surface area contributed by atoms with Crippen molar-refractivity contribution in [1.29, 1.82) is 0 Å². The molecular weight excluding hydrogens is 328 g/mol. The van der Waals surface area contributed by atoms with Crippen molar-refractivity contribution >= 4 is 0 Å². The quantitative estimate of drug-likeness (QED) is 0.567. The number of hydrogen-bond donors (Lipinski definition) is 2. The van der Waals surface area contributed by atoms with Gasteiger partial charge in [0.25, 0.3) is 0 Å². The number of rotatable bonds is 0. The minimum atomic E-state index is -1.79. The van der Waals surface area contributed by atoms with E-state index in [0.29, 0.717) is 0 Å². The van der Waals surface area contributed by atoms with Gasteiger partial charge >= 0.3 is 0 Å². The van der Waals surface area contributed by atoms with E-state index in [1.165, 1.54) is 0 Å². The molecule has 0 saturated carbocycles. The standard InChI is InChI=1S/2C6H2F4O/c2*7-2-1-3(8)5(10)6(11)4(2)9/h2*1,11H. The first-order valence-corrected chi connectivity index (χ1v) is 5.11. The molecule has 0 fully saturated rings. The van der Waals surface area contributed by atoms with E-state index in [2.05, 4.69) is 0 Å². The molecule has 0 aliphatic heterocycles. The highest BCUT2D eigenvalue weighted by Crippen LogP contribution is 2.25. The van der Waals surface area contributed by atoms with E-state index in [-0.39, 0.29) is 12.1 Å². The number of hydrogen-bond acceptors (Lipinski definition) is 2. The van der Waals surface area contributed by atoms with Crippen molar-refractivity contribution in [2.75, 3.05) is 0 Å². The van der Waals surface area contributed by atoms with Gasteiger partial charge < -0.3 is 10.2 Å². The summed E-state index contributed by atoms with van der Waals surface area (Å²) < 4.78 is 96.9. The second kappa shape index (κ2) is 6.50. The molecule has 22 heavy (non-hydrogen) atoms. The molecule has 0 atom stereocenters. The van der Waals surface area contributed by atoms with Gasteiger partial charge in [0, 0.05) is 12.1 Å². The maximum atomic E-state index is 12.1. The summed E-state index contributed by atoms with van der Waals surface area (Å²) in [6, 6.07) is 0.0365. The molecule has 0 aromatic heterocycles. The molecule has 2 rings (SSSR count). The molecule has 0 heterocycles. The molecule has 0 bridgehead atoms. The van der Waals surface area contributed by atoms with Crippen molar-refractivity contribution in [2.45, 2.75) is 0 Å². The van der Waals surface area contributed by atoms with E-state index in [1.807, 2.05) is 0 Å². The average molecular weight is 332 g/mol. The van der Waals surface area contributed by atoms with Crippen LogP contribution in [-0.2, 0) is 0 Å². The second-order valence-corrected chi connectivity index (χ2v) is 3.63. The highest BCUT2D eigenvalue weighted by atomic mass is 19.2. The summed E-state index contributed by atoms with van der Waals surface area (Å²) in [5.74, 6) is -16.9. The van der Waals surface area contributed by atoms with Gasteiger partial charge in [0.1, 0.15) is 0 Å². The summed E-state index contributed by atoms with van der Waals surface area (Å²) >= 11 is 0. The van der Waals surface area contributed by atoms with E-state index in [9.17, 15) is 35.1 Å². The maximum absolute atomic E-state index is 12.1. The van der Waals surface area contributed by atoms with Crippen LogP contribution >= 0.6 is 0 Å². The summed E-state index contributed by atoms with van der Waals surface area (Å²) in [5.41, 5.74) is 0. The third kappa shape index (κ3) is 3.38. The van der Waals surface area contributed by atoms with Crippen LogP contribution in [0.15, 0.2) is 12.1 Å². The molecular formula is C12H4F8O2. The fourth-order valence-electron chi connectivity index (χ4n) is 1.12. The van der Waals surface area contributed by atoms with Crippen molar-refractivity contribution in [3.63, 3.8) is 0 Å². The van der Waals surface area contributed by atoms with Crippen molar-refractivity contribution in [1.82, 2.24) is 0 Å². The van der Waals surface area contributed by atoms with Crippen molar-refractivity contribution < 1.29 is 45.3 Å². The lowest BCUT2D eigenvalue weighted by molar-refractivity contribution is 0.356. The van der Waals surface area contributed by atoms with Gasteiger partial charge in [-0.25, -0.2) is 17.6 Å². The van der Waals surface area contributed by atoms with E-state index in [0.717, 1.165) is 0 Å². The highest BCUT2D eigenvalue weighted by molar-refractivity contribution is 5.27. The van der Waals surface area contributed by atoms with Gasteiger partial charge in [0.2, 0.25) is 23.3 Å². The maximum Gasteiger partial charge on any atom is 0.203 e. The Hall–Kier alpha value is -2.52. The predicted molar refractivity (Wildman–Crippen MR) is 55.9 cm³/mol. The summed E-state index contributed by atoms with van der Waals surface area (Å²) in [4.78, 5) is 0. The fourth-order valence-corrected chi connectivity index (χ4v) is 1.12. The van der Waals surface area contributed by atoms with Gasteiger partial charge in [0.05, 0.1) is 0 Å². The van der Waals surface area contributed by atoms with E-state index < -0.39 is 58.0 Å². The van der Waals surface area contributed by atoms with Crippen LogP contribution in [0.25, 0.3) is 0 Å². The first kappa shape index (κ1) is 17.5. The zero-order valence-corrected chi connectivity index (χ0v) is 10.1. The van der Waals surface area contributed by atoms with E-state index in [1.54, 1.807) is 0 Å². The molecule has 0 saturated heterocycles. The average Bonchev–Trinajstić information content (AvgIpc) is 2.47. The number of benzene rings is 2. The highest BCUT2D eigenvalue weighted by Gasteiger charge is 2.18. The molecule has 2 nitrogen and oxygen atoms in total. The van der Waals surface area contributed by atoms with Crippen LogP contribution in [0.3, 0.4) is 0 Å². The minimum absolute atomic E-state index is 0.0182. The Balaban J connectivity index is 0.000000220. The molecule has 120 valence electrons. The van der Waals surface area contributed by atoms with Crippen molar-refractivity contribution in [3.8, 4) is 11.5 Å². The molecule has 2 N–H and O–H groups in total. The smallest absolute Gasteiger partial charge is 0.203 e. The van der Waals surface area contributed by atoms with Gasteiger partial charge in [0.15, 0.2) is 34.8 Å². The number of halogens is 8. The van der Waals surface area contributed by atoms with Gasteiger partial charge in [-0.1, -0.05) is 0 Å². The lowest BCUT2D eigenvalue weighted by Gasteiger charge is -1.98. The van der Waals surface area contributed by atoms with Gasteiger partial charge in [-0.15, -0.1) is 0 Å². The van der Waals surface area contributed by atoms with Crippen LogP contribution in [0.5, 0.6) is 11.5 Å². The third-order valence-corrected chi connectivity index (χ3v) is 2.18. The van der Waals surface area contributed by atoms with E-state index >= 15 is 0 Å². The van der Waals surface area contributed by atoms with Crippen LogP contribution in [-0.4, -0.2) is 10.2 Å². The van der Waals surface area contributed by atoms with Crippen LogP contribution in [0, 0.1) is 46.5 Å². The Morgan fingerprint density at radius 3 is 0.818 bits per heavy atom. The van der Waals surface area contributed by atoms with Crippen LogP contribution < -0.4 is 0 Å². The molecule has 0 spiro atoms. The summed E-state index contributed by atoms with van der Waals surface area (Å²) in [6.07, 6.45) is 0. The second-order valence-electron chi connectivity index (χ2n) is 3.63. The van der Waals surface area contributed by atoms with Gasteiger partial charge in [-0.3, -0.25) is 0 Å².